The molecule has 2 aliphatic rings. The second-order valence-electron chi connectivity index (χ2n) is 8.62. The molecule has 2 fully saturated rings. The van der Waals surface area contributed by atoms with E-state index in [2.05, 4.69) is 27.2 Å². The largest absolute Gasteiger partial charge is 0.481 e. The van der Waals surface area contributed by atoms with E-state index in [0.717, 1.165) is 48.7 Å². The topological polar surface area (TPSA) is 76.0 Å². The lowest BCUT2D eigenvalue weighted by molar-refractivity contribution is -0.136. The number of benzene rings is 2. The molecule has 0 bridgehead atoms. The van der Waals surface area contributed by atoms with Gasteiger partial charge in [0.1, 0.15) is 0 Å². The van der Waals surface area contributed by atoms with Crippen molar-refractivity contribution in [1.82, 2.24) is 10.2 Å². The molecule has 7 heteroatoms. The molecule has 2 aromatic carbocycles. The monoisotopic (exact) mass is 443 g/mol. The Hall–Kier alpha value is -2.12. The van der Waals surface area contributed by atoms with Crippen LogP contribution in [0, 0.1) is 0 Å². The Labute approximate surface area is 188 Å². The first-order chi connectivity index (χ1) is 15.0. The molecular weight excluding hydrogens is 414 g/mol. The first kappa shape index (κ1) is 22.1. The fourth-order valence-electron chi connectivity index (χ4n) is 4.69. The van der Waals surface area contributed by atoms with Gasteiger partial charge in [-0.05, 0) is 55.3 Å². The molecule has 3 N–H and O–H groups in total. The average molecular weight is 444 g/mol. The van der Waals surface area contributed by atoms with Crippen LogP contribution in [0.1, 0.15) is 24.0 Å². The van der Waals surface area contributed by atoms with E-state index in [1.165, 1.54) is 5.56 Å². The van der Waals surface area contributed by atoms with Crippen LogP contribution in [-0.2, 0) is 17.8 Å². The number of carboxylic acid groups (broad SMARTS) is 1. The minimum absolute atomic E-state index is 0.00700. The molecule has 2 heterocycles. The van der Waals surface area contributed by atoms with Crippen molar-refractivity contribution in [2.24, 2.45) is 0 Å². The van der Waals surface area contributed by atoms with Crippen LogP contribution in [0.25, 0.3) is 0 Å². The molecule has 31 heavy (non-hydrogen) atoms. The molecule has 2 unspecified atom stereocenters. The van der Waals surface area contributed by atoms with Crippen LogP contribution in [0.3, 0.4) is 0 Å². The number of aliphatic hydroxyl groups is 1. The van der Waals surface area contributed by atoms with E-state index >= 15 is 0 Å². The second-order valence-corrected chi connectivity index (χ2v) is 9.06. The molecule has 2 atom stereocenters. The zero-order valence-electron chi connectivity index (χ0n) is 17.6. The van der Waals surface area contributed by atoms with Gasteiger partial charge in [0, 0.05) is 36.4 Å². The van der Waals surface area contributed by atoms with E-state index < -0.39 is 12.1 Å². The number of aliphatic hydroxyl groups excluding tert-OH is 1. The number of nitrogens with one attached hydrogen (secondary N) is 1. The van der Waals surface area contributed by atoms with Crippen molar-refractivity contribution in [2.45, 2.75) is 44.0 Å². The highest BCUT2D eigenvalue weighted by Crippen LogP contribution is 2.26. The van der Waals surface area contributed by atoms with E-state index in [1.807, 2.05) is 36.4 Å². The molecule has 4 rings (SSSR count). The van der Waals surface area contributed by atoms with Crippen LogP contribution >= 0.6 is 11.6 Å². The first-order valence-electron chi connectivity index (χ1n) is 10.9. The van der Waals surface area contributed by atoms with Crippen LogP contribution in [0.2, 0.25) is 5.02 Å². The summed E-state index contributed by atoms with van der Waals surface area (Å²) < 4.78 is 0. The van der Waals surface area contributed by atoms with Crippen LogP contribution in [-0.4, -0.2) is 65.4 Å². The quantitative estimate of drug-likeness (QED) is 0.611. The number of nitrogens with zero attached hydrogens (tertiary/aromatic N) is 2. The predicted molar refractivity (Wildman–Crippen MR) is 123 cm³/mol. The Balaban J connectivity index is 1.29. The maximum atomic E-state index is 11.2. The average Bonchev–Trinajstić information content (AvgIpc) is 3.11. The normalized spacial score (nSPS) is 22.7. The Morgan fingerprint density at radius 1 is 1.06 bits per heavy atom. The summed E-state index contributed by atoms with van der Waals surface area (Å²) in [5.74, 6) is -0.841. The van der Waals surface area contributed by atoms with Crippen molar-refractivity contribution < 1.29 is 15.0 Å². The molecule has 166 valence electrons. The number of β-amino-alcohol motifs (C(OH)–C–C–N with tert-alkyl or cyclic N) is 1. The van der Waals surface area contributed by atoms with Crippen LogP contribution in [0.5, 0.6) is 0 Å². The number of rotatable bonds is 7. The predicted octanol–water partition coefficient (Wildman–Crippen LogP) is 2.77. The van der Waals surface area contributed by atoms with E-state index in [1.54, 1.807) is 0 Å². The summed E-state index contributed by atoms with van der Waals surface area (Å²) in [6.45, 7) is 4.18. The Morgan fingerprint density at radius 2 is 1.77 bits per heavy atom. The van der Waals surface area contributed by atoms with E-state index in [-0.39, 0.29) is 12.5 Å². The van der Waals surface area contributed by atoms with Gasteiger partial charge in [0.2, 0.25) is 0 Å². The van der Waals surface area contributed by atoms with Gasteiger partial charge in [0.25, 0.3) is 0 Å². The SMILES string of the molecule is O=C(O)Cc1ccccc1N1CC(O)C(NC2CCN(Cc3ccc(Cl)cc3)CC2)C1. The lowest BCUT2D eigenvalue weighted by atomic mass is 10.0. The lowest BCUT2D eigenvalue weighted by Crippen LogP contribution is -2.49. The van der Waals surface area contributed by atoms with Gasteiger partial charge >= 0.3 is 5.97 Å². The number of para-hydroxylation sites is 1. The first-order valence-corrected chi connectivity index (χ1v) is 11.3. The van der Waals surface area contributed by atoms with Crippen LogP contribution in [0.4, 0.5) is 5.69 Å². The molecular formula is C24H30ClN3O3. The van der Waals surface area contributed by atoms with Crippen molar-refractivity contribution >= 4 is 23.3 Å². The summed E-state index contributed by atoms with van der Waals surface area (Å²) in [5.41, 5.74) is 2.97. The number of carboxylic acids is 1. The third-order valence-corrected chi connectivity index (χ3v) is 6.57. The van der Waals surface area contributed by atoms with Gasteiger partial charge in [0.05, 0.1) is 18.6 Å². The van der Waals surface area contributed by atoms with Gasteiger partial charge in [-0.2, -0.15) is 0 Å². The van der Waals surface area contributed by atoms with E-state index in [0.29, 0.717) is 19.1 Å². The van der Waals surface area contributed by atoms with Gasteiger partial charge in [-0.1, -0.05) is 41.9 Å². The van der Waals surface area contributed by atoms with Crippen molar-refractivity contribution in [3.05, 3.63) is 64.7 Å². The standard InChI is InChI=1S/C24H30ClN3O3/c25-19-7-5-17(6-8-19)14-27-11-9-20(10-12-27)26-21-15-28(16-23(21)29)22-4-2-1-3-18(22)13-24(30)31/h1-8,20-21,23,26,29H,9-16H2,(H,30,31). The van der Waals surface area contributed by atoms with E-state index in [4.69, 9.17) is 11.6 Å². The highest BCUT2D eigenvalue weighted by Gasteiger charge is 2.34. The number of aliphatic carboxylic acids is 1. The van der Waals surface area contributed by atoms with Crippen LogP contribution < -0.4 is 10.2 Å². The maximum Gasteiger partial charge on any atom is 0.307 e. The van der Waals surface area contributed by atoms with Crippen LogP contribution in [0.15, 0.2) is 48.5 Å². The van der Waals surface area contributed by atoms with E-state index in [9.17, 15) is 15.0 Å². The summed E-state index contributed by atoms with van der Waals surface area (Å²) in [7, 11) is 0. The minimum atomic E-state index is -0.841. The molecule has 2 aliphatic heterocycles. The summed E-state index contributed by atoms with van der Waals surface area (Å²) in [4.78, 5) is 15.8. The number of likely N-dealkylation sites (tertiary alicyclic amines) is 1. The van der Waals surface area contributed by atoms with Crippen molar-refractivity contribution in [1.29, 1.82) is 0 Å². The Kier molecular flexibility index (Phi) is 7.13. The number of carbonyl (C=O) groups is 1. The maximum absolute atomic E-state index is 11.2. The molecule has 2 aromatic rings. The fourth-order valence-corrected chi connectivity index (χ4v) is 4.81. The summed E-state index contributed by atoms with van der Waals surface area (Å²) in [6, 6.07) is 16.0. The summed E-state index contributed by atoms with van der Waals surface area (Å²) >= 11 is 5.97. The highest BCUT2D eigenvalue weighted by molar-refractivity contribution is 6.30. The molecule has 2 saturated heterocycles. The molecule has 0 radical (unpaired) electrons. The van der Waals surface area contributed by atoms with Gasteiger partial charge in [-0.15, -0.1) is 0 Å². The fraction of sp³-hybridized carbons (Fsp3) is 0.458. The summed E-state index contributed by atoms with van der Waals surface area (Å²) in [5, 5.41) is 24.3. The van der Waals surface area contributed by atoms with Crippen molar-refractivity contribution in [3.63, 3.8) is 0 Å². The molecule has 0 amide bonds. The zero-order chi connectivity index (χ0) is 21.8. The Morgan fingerprint density at radius 3 is 2.48 bits per heavy atom. The number of hydrogen-bond donors (Lipinski definition) is 3. The molecule has 0 aliphatic carbocycles. The second kappa shape index (κ2) is 10.0. The van der Waals surface area contributed by atoms with Gasteiger partial charge in [-0.25, -0.2) is 0 Å². The third-order valence-electron chi connectivity index (χ3n) is 6.32. The van der Waals surface area contributed by atoms with Gasteiger partial charge < -0.3 is 20.4 Å². The highest BCUT2D eigenvalue weighted by atomic mass is 35.5. The molecule has 0 spiro atoms. The summed E-state index contributed by atoms with van der Waals surface area (Å²) in [6.07, 6.45) is 1.62. The smallest absolute Gasteiger partial charge is 0.307 e. The third kappa shape index (κ3) is 5.77. The minimum Gasteiger partial charge on any atom is -0.481 e. The van der Waals surface area contributed by atoms with Gasteiger partial charge in [0.15, 0.2) is 0 Å². The number of halogens is 1. The van der Waals surface area contributed by atoms with Crippen molar-refractivity contribution in [3.8, 4) is 0 Å². The van der Waals surface area contributed by atoms with Crippen molar-refractivity contribution in [2.75, 3.05) is 31.1 Å². The molecule has 0 saturated carbocycles. The Bertz CT molecular complexity index is 884. The molecule has 0 aromatic heterocycles. The zero-order valence-corrected chi connectivity index (χ0v) is 18.3. The lowest BCUT2D eigenvalue weighted by Gasteiger charge is -2.34. The van der Waals surface area contributed by atoms with Gasteiger partial charge in [-0.3, -0.25) is 9.69 Å². The number of anilines is 1. The molecule has 6 nitrogen and oxygen atoms in total. The number of hydrogen-bond acceptors (Lipinski definition) is 5. The number of piperidine rings is 1.